The molecule has 1 unspecified atom stereocenters. The zero-order valence-electron chi connectivity index (χ0n) is 11.8. The molecule has 0 fully saturated rings. The number of ether oxygens (including phenoxy) is 1. The number of nitrogens with one attached hydrogen (secondary N) is 2. The van der Waals surface area contributed by atoms with Gasteiger partial charge in [0.25, 0.3) is 0 Å². The first-order chi connectivity index (χ1) is 9.47. The summed E-state index contributed by atoms with van der Waals surface area (Å²) in [6, 6.07) is 5.20. The standard InChI is InChI=1S/C14H19BrN2O3/c1-4-11(14(19)20-3)16-8-13(18)17-12-7-10(15)6-5-9(12)2/h5-7,11,16H,4,8H2,1-3H3,(H,17,18). The molecule has 1 rings (SSSR count). The molecule has 0 spiro atoms. The van der Waals surface area contributed by atoms with Crippen molar-refractivity contribution in [2.75, 3.05) is 19.0 Å². The monoisotopic (exact) mass is 342 g/mol. The Hall–Kier alpha value is -1.40. The van der Waals surface area contributed by atoms with Gasteiger partial charge in [-0.1, -0.05) is 28.9 Å². The van der Waals surface area contributed by atoms with Crippen molar-refractivity contribution in [1.82, 2.24) is 5.32 Å². The van der Waals surface area contributed by atoms with E-state index in [9.17, 15) is 9.59 Å². The van der Waals surface area contributed by atoms with E-state index in [2.05, 4.69) is 31.3 Å². The minimum absolute atomic E-state index is 0.0551. The largest absolute Gasteiger partial charge is 0.468 e. The Morgan fingerprint density at radius 2 is 2.10 bits per heavy atom. The van der Waals surface area contributed by atoms with E-state index in [0.717, 1.165) is 15.7 Å². The van der Waals surface area contributed by atoms with Crippen LogP contribution in [-0.4, -0.2) is 31.6 Å². The van der Waals surface area contributed by atoms with Gasteiger partial charge < -0.3 is 10.1 Å². The maximum absolute atomic E-state index is 11.9. The highest BCUT2D eigenvalue weighted by Crippen LogP contribution is 2.20. The summed E-state index contributed by atoms with van der Waals surface area (Å²) in [4.78, 5) is 23.3. The number of rotatable bonds is 6. The number of hydrogen-bond donors (Lipinski definition) is 2. The molecule has 0 aliphatic rings. The van der Waals surface area contributed by atoms with Gasteiger partial charge in [0.05, 0.1) is 13.7 Å². The molecule has 6 heteroatoms. The van der Waals surface area contributed by atoms with Crippen LogP contribution in [0, 0.1) is 6.92 Å². The molecule has 0 aliphatic heterocycles. The van der Waals surface area contributed by atoms with Crippen LogP contribution in [0.2, 0.25) is 0 Å². The van der Waals surface area contributed by atoms with E-state index in [1.54, 1.807) is 0 Å². The van der Waals surface area contributed by atoms with Gasteiger partial charge in [0.2, 0.25) is 5.91 Å². The van der Waals surface area contributed by atoms with Gasteiger partial charge in [-0.15, -0.1) is 0 Å². The Bertz CT molecular complexity index is 491. The Morgan fingerprint density at radius 3 is 2.70 bits per heavy atom. The molecule has 1 aromatic carbocycles. The molecule has 0 radical (unpaired) electrons. The fourth-order valence-electron chi connectivity index (χ4n) is 1.68. The SMILES string of the molecule is CCC(NCC(=O)Nc1cc(Br)ccc1C)C(=O)OC. The van der Waals surface area contributed by atoms with Gasteiger partial charge in [-0.2, -0.15) is 0 Å². The van der Waals surface area contributed by atoms with Crippen molar-refractivity contribution >= 4 is 33.5 Å². The summed E-state index contributed by atoms with van der Waals surface area (Å²) < 4.78 is 5.55. The molecule has 1 atom stereocenters. The van der Waals surface area contributed by atoms with Crippen molar-refractivity contribution < 1.29 is 14.3 Å². The maximum atomic E-state index is 11.9. The highest BCUT2D eigenvalue weighted by molar-refractivity contribution is 9.10. The van der Waals surface area contributed by atoms with Gasteiger partial charge in [-0.3, -0.25) is 14.9 Å². The zero-order chi connectivity index (χ0) is 15.1. The second kappa shape index (κ2) is 8.01. The zero-order valence-corrected chi connectivity index (χ0v) is 13.4. The Kier molecular flexibility index (Phi) is 6.67. The van der Waals surface area contributed by atoms with Crippen LogP contribution in [0.1, 0.15) is 18.9 Å². The Balaban J connectivity index is 2.55. The van der Waals surface area contributed by atoms with Crippen molar-refractivity contribution in [3.05, 3.63) is 28.2 Å². The van der Waals surface area contributed by atoms with Crippen molar-refractivity contribution in [2.45, 2.75) is 26.3 Å². The maximum Gasteiger partial charge on any atom is 0.322 e. The van der Waals surface area contributed by atoms with Crippen LogP contribution in [0.4, 0.5) is 5.69 Å². The molecule has 0 saturated heterocycles. The van der Waals surface area contributed by atoms with Crippen molar-refractivity contribution in [3.63, 3.8) is 0 Å². The predicted molar refractivity (Wildman–Crippen MR) is 81.6 cm³/mol. The number of methoxy groups -OCH3 is 1. The third-order valence-corrected chi connectivity index (χ3v) is 3.37. The molecular formula is C14H19BrN2O3. The van der Waals surface area contributed by atoms with Crippen LogP contribution >= 0.6 is 15.9 Å². The molecule has 5 nitrogen and oxygen atoms in total. The molecule has 0 saturated carbocycles. The smallest absolute Gasteiger partial charge is 0.322 e. The molecular weight excluding hydrogens is 324 g/mol. The van der Waals surface area contributed by atoms with E-state index in [4.69, 9.17) is 0 Å². The van der Waals surface area contributed by atoms with E-state index in [1.165, 1.54) is 7.11 Å². The minimum Gasteiger partial charge on any atom is -0.468 e. The van der Waals surface area contributed by atoms with Gasteiger partial charge in [-0.25, -0.2) is 0 Å². The molecule has 0 aliphatic carbocycles. The number of halogens is 1. The minimum atomic E-state index is -0.464. The van der Waals surface area contributed by atoms with E-state index in [0.29, 0.717) is 6.42 Å². The lowest BCUT2D eigenvalue weighted by Crippen LogP contribution is -2.41. The van der Waals surface area contributed by atoms with Gasteiger partial charge >= 0.3 is 5.97 Å². The first kappa shape index (κ1) is 16.7. The topological polar surface area (TPSA) is 67.4 Å². The number of aryl methyl sites for hydroxylation is 1. The summed E-state index contributed by atoms with van der Waals surface area (Å²) in [5, 5.41) is 5.68. The van der Waals surface area contributed by atoms with Crippen LogP contribution in [0.3, 0.4) is 0 Å². The summed E-state index contributed by atoms with van der Waals surface area (Å²) in [5.41, 5.74) is 1.72. The van der Waals surface area contributed by atoms with Gasteiger partial charge in [-0.05, 0) is 31.0 Å². The van der Waals surface area contributed by atoms with Crippen LogP contribution in [0.15, 0.2) is 22.7 Å². The van der Waals surface area contributed by atoms with Gasteiger partial charge in [0.15, 0.2) is 0 Å². The van der Waals surface area contributed by atoms with Crippen LogP contribution in [0.25, 0.3) is 0 Å². The average molecular weight is 343 g/mol. The molecule has 1 amide bonds. The van der Waals surface area contributed by atoms with Crippen LogP contribution < -0.4 is 10.6 Å². The Morgan fingerprint density at radius 1 is 1.40 bits per heavy atom. The molecule has 2 N–H and O–H groups in total. The van der Waals surface area contributed by atoms with Crippen molar-refractivity contribution in [3.8, 4) is 0 Å². The summed E-state index contributed by atoms with van der Waals surface area (Å²) in [6.07, 6.45) is 0.565. The Labute approximate surface area is 127 Å². The van der Waals surface area contributed by atoms with Crippen LogP contribution in [0.5, 0.6) is 0 Å². The fourth-order valence-corrected chi connectivity index (χ4v) is 2.04. The average Bonchev–Trinajstić information content (AvgIpc) is 2.43. The van der Waals surface area contributed by atoms with Gasteiger partial charge in [0, 0.05) is 10.2 Å². The molecule has 0 heterocycles. The van der Waals surface area contributed by atoms with E-state index >= 15 is 0 Å². The second-order valence-corrected chi connectivity index (χ2v) is 5.29. The molecule has 1 aromatic rings. The first-order valence-electron chi connectivity index (χ1n) is 6.35. The number of amides is 1. The number of anilines is 1. The van der Waals surface area contributed by atoms with Crippen molar-refractivity contribution in [1.29, 1.82) is 0 Å². The lowest BCUT2D eigenvalue weighted by atomic mass is 10.2. The number of hydrogen-bond acceptors (Lipinski definition) is 4. The third kappa shape index (κ3) is 4.94. The quantitative estimate of drug-likeness (QED) is 0.778. The predicted octanol–water partition coefficient (Wildman–Crippen LogP) is 2.24. The van der Waals surface area contributed by atoms with Crippen LogP contribution in [-0.2, 0) is 14.3 Å². The summed E-state index contributed by atoms with van der Waals surface area (Å²) in [5.74, 6) is -0.563. The number of benzene rings is 1. The van der Waals surface area contributed by atoms with Gasteiger partial charge in [0.1, 0.15) is 6.04 Å². The summed E-state index contributed by atoms with van der Waals surface area (Å²) in [7, 11) is 1.33. The number of esters is 1. The number of carbonyl (C=O) groups excluding carboxylic acids is 2. The normalized spacial score (nSPS) is 11.8. The van der Waals surface area contributed by atoms with E-state index < -0.39 is 6.04 Å². The van der Waals surface area contributed by atoms with Crippen molar-refractivity contribution in [2.24, 2.45) is 0 Å². The third-order valence-electron chi connectivity index (χ3n) is 2.88. The van der Waals surface area contributed by atoms with E-state index in [-0.39, 0.29) is 18.4 Å². The molecule has 0 aromatic heterocycles. The first-order valence-corrected chi connectivity index (χ1v) is 7.14. The summed E-state index contributed by atoms with van der Waals surface area (Å²) in [6.45, 7) is 3.82. The lowest BCUT2D eigenvalue weighted by molar-refractivity contribution is -0.143. The molecule has 110 valence electrons. The highest BCUT2D eigenvalue weighted by Gasteiger charge is 2.17. The highest BCUT2D eigenvalue weighted by atomic mass is 79.9. The number of carbonyl (C=O) groups is 2. The molecule has 20 heavy (non-hydrogen) atoms. The fraction of sp³-hybridized carbons (Fsp3) is 0.429. The van der Waals surface area contributed by atoms with E-state index in [1.807, 2.05) is 32.0 Å². The molecule has 0 bridgehead atoms. The lowest BCUT2D eigenvalue weighted by Gasteiger charge is -2.14. The summed E-state index contributed by atoms with van der Waals surface area (Å²) >= 11 is 3.36. The second-order valence-electron chi connectivity index (χ2n) is 4.37.